The second-order valence-corrected chi connectivity index (χ2v) is 6.92. The highest BCUT2D eigenvalue weighted by atomic mass is 16.5. The van der Waals surface area contributed by atoms with E-state index in [-0.39, 0.29) is 5.60 Å². The van der Waals surface area contributed by atoms with Gasteiger partial charge in [0.15, 0.2) is 0 Å². The van der Waals surface area contributed by atoms with E-state index < -0.39 is 0 Å². The third kappa shape index (κ3) is 5.83. The number of hydrogen-bond acceptors (Lipinski definition) is 2. The molecule has 114 valence electrons. The van der Waals surface area contributed by atoms with Crippen molar-refractivity contribution in [2.45, 2.75) is 71.8 Å². The van der Waals surface area contributed by atoms with E-state index in [1.807, 2.05) is 7.11 Å². The number of nitrogens with one attached hydrogen (secondary N) is 1. The number of ether oxygens (including phenoxy) is 1. The lowest BCUT2D eigenvalue weighted by molar-refractivity contribution is 0.00444. The fourth-order valence-corrected chi connectivity index (χ4v) is 3.38. The van der Waals surface area contributed by atoms with E-state index in [0.29, 0.717) is 0 Å². The Morgan fingerprint density at radius 2 is 1.89 bits per heavy atom. The molecule has 0 bridgehead atoms. The largest absolute Gasteiger partial charge is 0.379 e. The Balaban J connectivity index is 2.50. The Bertz CT molecular complexity index is 239. The van der Waals surface area contributed by atoms with Gasteiger partial charge in [-0.3, -0.25) is 0 Å². The first-order chi connectivity index (χ1) is 9.02. The first kappa shape index (κ1) is 17.0. The van der Waals surface area contributed by atoms with Gasteiger partial charge in [-0.15, -0.1) is 0 Å². The van der Waals surface area contributed by atoms with Gasteiger partial charge in [0.1, 0.15) is 0 Å². The molecule has 1 aliphatic carbocycles. The van der Waals surface area contributed by atoms with Gasteiger partial charge >= 0.3 is 0 Å². The van der Waals surface area contributed by atoms with Crippen LogP contribution < -0.4 is 5.32 Å². The molecule has 2 nitrogen and oxygen atoms in total. The van der Waals surface area contributed by atoms with Crippen molar-refractivity contribution in [3.63, 3.8) is 0 Å². The van der Waals surface area contributed by atoms with Crippen LogP contribution in [0.4, 0.5) is 0 Å². The molecular weight excluding hydrogens is 234 g/mol. The number of rotatable bonds is 8. The minimum Gasteiger partial charge on any atom is -0.379 e. The van der Waals surface area contributed by atoms with Crippen LogP contribution in [0.1, 0.15) is 66.2 Å². The van der Waals surface area contributed by atoms with Crippen molar-refractivity contribution >= 4 is 0 Å². The summed E-state index contributed by atoms with van der Waals surface area (Å²) in [5, 5.41) is 3.56. The first-order valence-electron chi connectivity index (χ1n) is 8.28. The van der Waals surface area contributed by atoms with Crippen molar-refractivity contribution in [2.75, 3.05) is 20.2 Å². The zero-order valence-corrected chi connectivity index (χ0v) is 13.8. The number of hydrogen-bond donors (Lipinski definition) is 1. The highest BCUT2D eigenvalue weighted by Crippen LogP contribution is 2.38. The molecule has 1 aliphatic rings. The monoisotopic (exact) mass is 269 g/mol. The van der Waals surface area contributed by atoms with Crippen LogP contribution in [-0.4, -0.2) is 25.8 Å². The Kier molecular flexibility index (Phi) is 7.38. The smallest absolute Gasteiger partial charge is 0.0622 e. The van der Waals surface area contributed by atoms with Crippen LogP contribution in [0, 0.1) is 17.8 Å². The average Bonchev–Trinajstić information content (AvgIpc) is 2.43. The van der Waals surface area contributed by atoms with E-state index in [1.165, 1.54) is 45.1 Å². The lowest BCUT2D eigenvalue weighted by atomic mass is 9.70. The molecule has 0 aliphatic heterocycles. The maximum absolute atomic E-state index is 5.58. The van der Waals surface area contributed by atoms with Crippen LogP contribution in [0.2, 0.25) is 0 Å². The van der Waals surface area contributed by atoms with Crippen LogP contribution in [-0.2, 0) is 4.74 Å². The molecule has 0 amide bonds. The minimum atomic E-state index is 0.0435. The second-order valence-electron chi connectivity index (χ2n) is 6.92. The molecule has 2 heteroatoms. The summed E-state index contributed by atoms with van der Waals surface area (Å²) in [5.74, 6) is 2.75. The van der Waals surface area contributed by atoms with Gasteiger partial charge in [0, 0.05) is 7.11 Å². The van der Waals surface area contributed by atoms with Crippen molar-refractivity contribution in [3.05, 3.63) is 0 Å². The fraction of sp³-hybridized carbons (Fsp3) is 1.00. The molecule has 3 unspecified atom stereocenters. The molecule has 1 fully saturated rings. The van der Waals surface area contributed by atoms with Crippen molar-refractivity contribution in [1.29, 1.82) is 0 Å². The highest BCUT2D eigenvalue weighted by molar-refractivity contribution is 4.83. The van der Waals surface area contributed by atoms with Crippen LogP contribution in [0.25, 0.3) is 0 Å². The van der Waals surface area contributed by atoms with Crippen LogP contribution in [0.5, 0.6) is 0 Å². The van der Waals surface area contributed by atoms with Gasteiger partial charge in [0.05, 0.1) is 5.60 Å². The maximum atomic E-state index is 5.58. The quantitative estimate of drug-likeness (QED) is 0.711. The second kappa shape index (κ2) is 8.26. The van der Waals surface area contributed by atoms with E-state index in [9.17, 15) is 0 Å². The van der Waals surface area contributed by atoms with Crippen LogP contribution >= 0.6 is 0 Å². The Labute approximate surface area is 120 Å². The summed E-state index contributed by atoms with van der Waals surface area (Å²) >= 11 is 0. The van der Waals surface area contributed by atoms with Crippen molar-refractivity contribution in [2.24, 2.45) is 17.8 Å². The summed E-state index contributed by atoms with van der Waals surface area (Å²) in [6, 6.07) is 0. The Morgan fingerprint density at radius 1 is 1.16 bits per heavy atom. The number of methoxy groups -OCH3 is 1. The third-order valence-corrected chi connectivity index (χ3v) is 5.15. The molecule has 1 N–H and O–H groups in total. The Hall–Kier alpha value is -0.0800. The molecule has 0 saturated heterocycles. The normalized spacial score (nSPS) is 28.6. The summed E-state index contributed by atoms with van der Waals surface area (Å²) in [5.41, 5.74) is 0.0435. The lowest BCUT2D eigenvalue weighted by Gasteiger charge is -2.37. The van der Waals surface area contributed by atoms with E-state index in [4.69, 9.17) is 4.74 Å². The van der Waals surface area contributed by atoms with Gasteiger partial charge in [0.25, 0.3) is 0 Å². The van der Waals surface area contributed by atoms with Gasteiger partial charge in [-0.25, -0.2) is 0 Å². The van der Waals surface area contributed by atoms with Gasteiger partial charge in [0.2, 0.25) is 0 Å². The standard InChI is InChI=1S/C17H35NO/c1-6-14-8-9-16(13-18-7-2)15(12-14)10-11-17(3,4)19-5/h14-16,18H,6-13H2,1-5H3. The molecule has 0 aromatic rings. The molecule has 3 atom stereocenters. The minimum absolute atomic E-state index is 0.0435. The molecular formula is C17H35NO. The topological polar surface area (TPSA) is 21.3 Å². The average molecular weight is 269 g/mol. The maximum Gasteiger partial charge on any atom is 0.0622 e. The van der Waals surface area contributed by atoms with E-state index in [2.05, 4.69) is 33.0 Å². The zero-order chi connectivity index (χ0) is 14.3. The molecule has 19 heavy (non-hydrogen) atoms. The molecule has 0 radical (unpaired) electrons. The summed E-state index contributed by atoms with van der Waals surface area (Å²) in [4.78, 5) is 0. The van der Waals surface area contributed by atoms with Gasteiger partial charge in [-0.05, 0) is 70.4 Å². The molecule has 0 heterocycles. The Morgan fingerprint density at radius 3 is 2.47 bits per heavy atom. The fourth-order valence-electron chi connectivity index (χ4n) is 3.38. The van der Waals surface area contributed by atoms with Gasteiger partial charge in [-0.2, -0.15) is 0 Å². The molecule has 1 rings (SSSR count). The predicted molar refractivity (Wildman–Crippen MR) is 83.5 cm³/mol. The summed E-state index contributed by atoms with van der Waals surface area (Å²) in [6.07, 6.45) is 8.17. The van der Waals surface area contributed by atoms with Crippen molar-refractivity contribution in [1.82, 2.24) is 5.32 Å². The SMILES string of the molecule is CCNCC1CCC(CC)CC1CCC(C)(C)OC. The molecule has 1 saturated carbocycles. The van der Waals surface area contributed by atoms with Crippen molar-refractivity contribution in [3.8, 4) is 0 Å². The predicted octanol–water partition coefficient (Wildman–Crippen LogP) is 4.24. The lowest BCUT2D eigenvalue weighted by Crippen LogP contribution is -2.34. The first-order valence-corrected chi connectivity index (χ1v) is 8.28. The van der Waals surface area contributed by atoms with E-state index in [1.54, 1.807) is 0 Å². The van der Waals surface area contributed by atoms with Crippen LogP contribution in [0.3, 0.4) is 0 Å². The molecule has 0 aromatic carbocycles. The van der Waals surface area contributed by atoms with Gasteiger partial charge in [-0.1, -0.05) is 26.7 Å². The van der Waals surface area contributed by atoms with Crippen LogP contribution in [0.15, 0.2) is 0 Å². The van der Waals surface area contributed by atoms with Crippen molar-refractivity contribution < 1.29 is 4.74 Å². The summed E-state index contributed by atoms with van der Waals surface area (Å²) in [6.45, 7) is 11.3. The van der Waals surface area contributed by atoms with Gasteiger partial charge < -0.3 is 10.1 Å². The highest BCUT2D eigenvalue weighted by Gasteiger charge is 2.30. The summed E-state index contributed by atoms with van der Waals surface area (Å²) < 4.78 is 5.58. The van der Waals surface area contributed by atoms with E-state index >= 15 is 0 Å². The zero-order valence-electron chi connectivity index (χ0n) is 13.8. The molecule has 0 aromatic heterocycles. The van der Waals surface area contributed by atoms with E-state index in [0.717, 1.165) is 24.3 Å². The summed E-state index contributed by atoms with van der Waals surface area (Å²) in [7, 11) is 1.84. The molecule has 0 spiro atoms. The third-order valence-electron chi connectivity index (χ3n) is 5.15.